The number of aryl methyl sites for hydroxylation is 2. The lowest BCUT2D eigenvalue weighted by Crippen LogP contribution is -2.15. The van der Waals surface area contributed by atoms with E-state index in [-0.39, 0.29) is 0 Å². The van der Waals surface area contributed by atoms with Gasteiger partial charge in [0.2, 0.25) is 0 Å². The first-order chi connectivity index (χ1) is 30.7. The van der Waals surface area contributed by atoms with Crippen molar-refractivity contribution in [1.29, 1.82) is 0 Å². The molecule has 0 spiro atoms. The molecule has 3 nitrogen and oxygen atoms in total. The lowest BCUT2D eigenvalue weighted by molar-refractivity contribution is 0.673. The number of hydrogen-bond donors (Lipinski definition) is 0. The molecule has 0 fully saturated rings. The molecule has 0 amide bonds. The topological polar surface area (TPSA) is 19.6 Å². The Labute approximate surface area is 361 Å². The van der Waals surface area contributed by atoms with Crippen LogP contribution in [0, 0.1) is 6.92 Å². The van der Waals surface area contributed by atoms with E-state index in [2.05, 4.69) is 229 Å². The molecule has 1 heterocycles. The van der Waals surface area contributed by atoms with Gasteiger partial charge < -0.3 is 14.2 Å². The molecular formula is C59H42N2O. The molecule has 0 aliphatic heterocycles. The predicted molar refractivity (Wildman–Crippen MR) is 261 cm³/mol. The Balaban J connectivity index is 0.959. The van der Waals surface area contributed by atoms with Gasteiger partial charge in [0.1, 0.15) is 11.2 Å². The highest BCUT2D eigenvalue weighted by atomic mass is 16.3. The Bertz CT molecular complexity index is 3460. The zero-order valence-corrected chi connectivity index (χ0v) is 34.4. The summed E-state index contributed by atoms with van der Waals surface area (Å²) in [6.45, 7) is 2.13. The van der Waals surface area contributed by atoms with Crippen molar-refractivity contribution in [3.05, 3.63) is 229 Å². The molecule has 0 bridgehead atoms. The summed E-state index contributed by atoms with van der Waals surface area (Å²) in [6.07, 6.45) is 2.05. The number of furan rings is 1. The number of hydrogen-bond acceptors (Lipinski definition) is 3. The SMILES string of the molecule is Cc1ccc(N(c2ccccc2)c2ccc3c(c2)oc2c4ccc(-c5ccc(N(c6ccccc6)c6cccc7c6CCc6ccccc6-7)cc5)cc4c4ccccc4c32)cc1. The summed E-state index contributed by atoms with van der Waals surface area (Å²) >= 11 is 0. The standard InChI is InChI=1S/C59H42N2O/c1-39-23-29-45(30-24-39)60(43-14-4-2-5-15-43)47-33-36-54-57(38-47)62-59-53-35-28-42(37-55(53)50-19-10-11-20-52(50)58(54)59)40-25-31-46(32-26-40)61(44-16-6-3-7-17-44)56-22-12-21-49-48-18-9-8-13-41(48)27-34-51(49)56/h2-26,28-33,35-38H,27,34H2,1H3. The Morgan fingerprint density at radius 2 is 0.984 bits per heavy atom. The third-order valence-corrected chi connectivity index (χ3v) is 12.8. The summed E-state index contributed by atoms with van der Waals surface area (Å²) in [6, 6.07) is 77.0. The van der Waals surface area contributed by atoms with Crippen LogP contribution in [0.3, 0.4) is 0 Å². The van der Waals surface area contributed by atoms with E-state index in [1.54, 1.807) is 0 Å². The van der Waals surface area contributed by atoms with E-state index in [0.717, 1.165) is 68.6 Å². The molecule has 10 aromatic carbocycles. The summed E-state index contributed by atoms with van der Waals surface area (Å²) in [5.74, 6) is 0. The van der Waals surface area contributed by atoms with Gasteiger partial charge in [0.05, 0.1) is 0 Å². The van der Waals surface area contributed by atoms with Gasteiger partial charge in [-0.15, -0.1) is 0 Å². The van der Waals surface area contributed by atoms with Crippen molar-refractivity contribution in [2.75, 3.05) is 9.80 Å². The molecule has 1 aromatic heterocycles. The number of anilines is 6. The Kier molecular flexibility index (Phi) is 8.53. The molecule has 11 aromatic rings. The number of rotatable bonds is 7. The molecule has 3 heteroatoms. The fourth-order valence-corrected chi connectivity index (χ4v) is 9.85. The molecule has 0 saturated heterocycles. The Morgan fingerprint density at radius 1 is 0.387 bits per heavy atom. The van der Waals surface area contributed by atoms with Gasteiger partial charge >= 0.3 is 0 Å². The molecular weight excluding hydrogens is 753 g/mol. The fraction of sp³-hybridized carbons (Fsp3) is 0.0508. The molecule has 0 radical (unpaired) electrons. The molecule has 62 heavy (non-hydrogen) atoms. The molecule has 1 aliphatic carbocycles. The van der Waals surface area contributed by atoms with E-state index in [9.17, 15) is 0 Å². The highest BCUT2D eigenvalue weighted by Gasteiger charge is 2.24. The van der Waals surface area contributed by atoms with E-state index in [1.807, 2.05) is 0 Å². The maximum atomic E-state index is 6.95. The van der Waals surface area contributed by atoms with E-state index >= 15 is 0 Å². The largest absolute Gasteiger partial charge is 0.455 e. The second kappa shape index (κ2) is 14.7. The van der Waals surface area contributed by atoms with E-state index < -0.39 is 0 Å². The smallest absolute Gasteiger partial charge is 0.143 e. The van der Waals surface area contributed by atoms with Crippen LogP contribution in [-0.4, -0.2) is 0 Å². The minimum absolute atomic E-state index is 0.870. The maximum Gasteiger partial charge on any atom is 0.143 e. The van der Waals surface area contributed by atoms with Gasteiger partial charge in [-0.25, -0.2) is 0 Å². The van der Waals surface area contributed by atoms with Gasteiger partial charge in [-0.2, -0.15) is 0 Å². The molecule has 0 atom stereocenters. The first kappa shape index (κ1) is 36.0. The van der Waals surface area contributed by atoms with Crippen molar-refractivity contribution < 1.29 is 4.42 Å². The zero-order chi connectivity index (χ0) is 41.1. The number of para-hydroxylation sites is 2. The summed E-state index contributed by atoms with van der Waals surface area (Å²) in [5, 5.41) is 6.98. The van der Waals surface area contributed by atoms with E-state index in [0.29, 0.717) is 0 Å². The van der Waals surface area contributed by atoms with Gasteiger partial charge in [-0.05, 0) is 148 Å². The third kappa shape index (κ3) is 5.96. The van der Waals surface area contributed by atoms with E-state index in [1.165, 1.54) is 60.8 Å². The monoisotopic (exact) mass is 794 g/mol. The number of fused-ring (bicyclic) bond motifs is 11. The average molecular weight is 795 g/mol. The third-order valence-electron chi connectivity index (χ3n) is 12.8. The lowest BCUT2D eigenvalue weighted by atomic mass is 9.84. The summed E-state index contributed by atoms with van der Waals surface area (Å²) in [4.78, 5) is 4.72. The molecule has 0 saturated carbocycles. The van der Waals surface area contributed by atoms with Crippen LogP contribution in [0.4, 0.5) is 34.1 Å². The zero-order valence-electron chi connectivity index (χ0n) is 34.4. The molecule has 294 valence electrons. The second-order valence-corrected chi connectivity index (χ2v) is 16.5. The van der Waals surface area contributed by atoms with Crippen LogP contribution in [0.5, 0.6) is 0 Å². The van der Waals surface area contributed by atoms with Crippen molar-refractivity contribution in [1.82, 2.24) is 0 Å². The van der Waals surface area contributed by atoms with Crippen molar-refractivity contribution in [3.8, 4) is 22.3 Å². The van der Waals surface area contributed by atoms with Crippen molar-refractivity contribution in [2.24, 2.45) is 0 Å². The van der Waals surface area contributed by atoms with Crippen LogP contribution in [0.1, 0.15) is 16.7 Å². The summed E-state index contributed by atoms with van der Waals surface area (Å²) < 4.78 is 6.95. The quantitative estimate of drug-likeness (QED) is 0.150. The van der Waals surface area contributed by atoms with Crippen LogP contribution >= 0.6 is 0 Å². The minimum atomic E-state index is 0.870. The van der Waals surface area contributed by atoms with Crippen LogP contribution in [0.15, 0.2) is 217 Å². The van der Waals surface area contributed by atoms with Gasteiger partial charge in [-0.1, -0.05) is 133 Å². The van der Waals surface area contributed by atoms with Gasteiger partial charge in [0, 0.05) is 56.3 Å². The van der Waals surface area contributed by atoms with Crippen molar-refractivity contribution in [3.63, 3.8) is 0 Å². The molecule has 12 rings (SSSR count). The average Bonchev–Trinajstić information content (AvgIpc) is 3.73. The highest BCUT2D eigenvalue weighted by molar-refractivity contribution is 6.30. The maximum absolute atomic E-state index is 6.95. The lowest BCUT2D eigenvalue weighted by Gasteiger charge is -2.31. The first-order valence-corrected chi connectivity index (χ1v) is 21.5. The van der Waals surface area contributed by atoms with E-state index in [4.69, 9.17) is 4.42 Å². The minimum Gasteiger partial charge on any atom is -0.455 e. The van der Waals surface area contributed by atoms with Gasteiger partial charge in [0.15, 0.2) is 0 Å². The van der Waals surface area contributed by atoms with Crippen LogP contribution in [-0.2, 0) is 12.8 Å². The molecule has 0 N–H and O–H groups in total. The predicted octanol–water partition coefficient (Wildman–Crippen LogP) is 16.6. The van der Waals surface area contributed by atoms with Crippen LogP contribution in [0.25, 0.3) is 65.7 Å². The first-order valence-electron chi connectivity index (χ1n) is 21.5. The molecule has 0 unspecified atom stereocenters. The Hall–Kier alpha value is -7.88. The highest BCUT2D eigenvalue weighted by Crippen LogP contribution is 2.46. The molecule has 1 aliphatic rings. The summed E-state index contributed by atoms with van der Waals surface area (Å²) in [5.41, 5.74) is 17.6. The van der Waals surface area contributed by atoms with Gasteiger partial charge in [-0.3, -0.25) is 0 Å². The summed E-state index contributed by atoms with van der Waals surface area (Å²) in [7, 11) is 0. The van der Waals surface area contributed by atoms with Crippen LogP contribution in [0.2, 0.25) is 0 Å². The van der Waals surface area contributed by atoms with Crippen LogP contribution < -0.4 is 9.80 Å². The Morgan fingerprint density at radius 3 is 1.77 bits per heavy atom. The van der Waals surface area contributed by atoms with Crippen molar-refractivity contribution in [2.45, 2.75) is 19.8 Å². The number of nitrogens with zero attached hydrogens (tertiary/aromatic N) is 2. The number of benzene rings is 10. The second-order valence-electron chi connectivity index (χ2n) is 16.5. The van der Waals surface area contributed by atoms with Gasteiger partial charge in [0.25, 0.3) is 0 Å². The fourth-order valence-electron chi connectivity index (χ4n) is 9.85. The normalized spacial score (nSPS) is 12.1. The van der Waals surface area contributed by atoms with Crippen molar-refractivity contribution >= 4 is 77.6 Å².